The van der Waals surface area contributed by atoms with Gasteiger partial charge in [0.15, 0.2) is 0 Å². The average Bonchev–Trinajstić information content (AvgIpc) is 2.95. The number of rotatable bonds is 15. The highest BCUT2D eigenvalue weighted by Gasteiger charge is 2.29. The summed E-state index contributed by atoms with van der Waals surface area (Å²) in [5.41, 5.74) is 6.99. The third-order valence-electron chi connectivity index (χ3n) is 5.96. The Kier molecular flexibility index (Phi) is 13.3. The van der Waals surface area contributed by atoms with Crippen molar-refractivity contribution in [2.45, 2.75) is 58.3 Å². The van der Waals surface area contributed by atoms with Gasteiger partial charge in [-0.05, 0) is 50.4 Å². The van der Waals surface area contributed by atoms with Gasteiger partial charge in [-0.25, -0.2) is 4.79 Å². The Bertz CT molecular complexity index is 1050. The average molecular weight is 541 g/mol. The van der Waals surface area contributed by atoms with Crippen molar-refractivity contribution in [1.29, 1.82) is 0 Å². The van der Waals surface area contributed by atoms with E-state index < -0.39 is 36.0 Å². The molecule has 0 saturated carbocycles. The second-order valence-corrected chi connectivity index (χ2v) is 9.41. The highest BCUT2D eigenvalue weighted by atomic mass is 16.5. The zero-order chi connectivity index (χ0) is 28.6. The van der Waals surface area contributed by atoms with E-state index in [0.29, 0.717) is 12.1 Å². The predicted octanol–water partition coefficient (Wildman–Crippen LogP) is 2.07. The second kappa shape index (κ2) is 16.7. The Morgan fingerprint density at radius 3 is 2.08 bits per heavy atom. The molecule has 0 aromatic heterocycles. The number of carbonyl (C=O) groups excluding carboxylic acids is 4. The summed E-state index contributed by atoms with van der Waals surface area (Å²) in [7, 11) is 1.65. The number of benzene rings is 2. The SMILES string of the molecule is CN[C@@H](C)C(=O)N[C@H](C(=O)N[C@@H](CCCNC(=O)OCc1ccccc1)C(=O)NNc1ccccc1)C(C)C. The van der Waals surface area contributed by atoms with Crippen LogP contribution in [0.1, 0.15) is 39.2 Å². The van der Waals surface area contributed by atoms with Crippen LogP contribution >= 0.6 is 0 Å². The van der Waals surface area contributed by atoms with Crippen molar-refractivity contribution in [3.8, 4) is 0 Å². The first-order chi connectivity index (χ1) is 18.7. The molecule has 0 aliphatic heterocycles. The second-order valence-electron chi connectivity index (χ2n) is 9.41. The van der Waals surface area contributed by atoms with Crippen molar-refractivity contribution in [1.82, 2.24) is 26.7 Å². The van der Waals surface area contributed by atoms with Crippen LogP contribution in [0.4, 0.5) is 10.5 Å². The minimum absolute atomic E-state index is 0.146. The third-order valence-corrected chi connectivity index (χ3v) is 5.96. The number of hydrogen-bond acceptors (Lipinski definition) is 7. The summed E-state index contributed by atoms with van der Waals surface area (Å²) in [4.78, 5) is 50.6. The number of ether oxygens (including phenoxy) is 1. The molecule has 212 valence electrons. The van der Waals surface area contributed by atoms with Crippen molar-refractivity contribution < 1.29 is 23.9 Å². The molecule has 0 saturated heterocycles. The number of alkyl carbamates (subject to hydrolysis) is 1. The van der Waals surface area contributed by atoms with Crippen molar-refractivity contribution >= 4 is 29.5 Å². The molecule has 6 N–H and O–H groups in total. The molecule has 3 atom stereocenters. The topological polar surface area (TPSA) is 150 Å². The van der Waals surface area contributed by atoms with Gasteiger partial charge in [0, 0.05) is 6.54 Å². The summed E-state index contributed by atoms with van der Waals surface area (Å²) in [6, 6.07) is 16.1. The Morgan fingerprint density at radius 1 is 0.821 bits per heavy atom. The number of carbonyl (C=O) groups is 4. The van der Waals surface area contributed by atoms with Gasteiger partial charge in [-0.3, -0.25) is 25.2 Å². The van der Waals surface area contributed by atoms with Gasteiger partial charge in [0.05, 0.1) is 11.7 Å². The van der Waals surface area contributed by atoms with Crippen LogP contribution in [-0.2, 0) is 25.7 Å². The minimum Gasteiger partial charge on any atom is -0.445 e. The number of para-hydroxylation sites is 1. The van der Waals surface area contributed by atoms with Crippen molar-refractivity contribution in [2.24, 2.45) is 5.92 Å². The molecule has 2 rings (SSSR count). The summed E-state index contributed by atoms with van der Waals surface area (Å²) in [5, 5.41) is 11.0. The molecule has 0 fully saturated rings. The molecule has 0 aliphatic carbocycles. The molecule has 0 bridgehead atoms. The van der Waals surface area contributed by atoms with Crippen LogP contribution in [0.2, 0.25) is 0 Å². The minimum atomic E-state index is -0.921. The van der Waals surface area contributed by atoms with E-state index in [-0.39, 0.29) is 31.4 Å². The number of anilines is 1. The van der Waals surface area contributed by atoms with Gasteiger partial charge in [0.2, 0.25) is 11.8 Å². The Hall–Kier alpha value is -4.12. The molecule has 39 heavy (non-hydrogen) atoms. The molecule has 2 aromatic carbocycles. The van der Waals surface area contributed by atoms with Gasteiger partial charge in [-0.15, -0.1) is 0 Å². The summed E-state index contributed by atoms with van der Waals surface area (Å²) in [6.45, 7) is 5.70. The lowest BCUT2D eigenvalue weighted by Crippen LogP contribution is -2.57. The molecule has 0 radical (unpaired) electrons. The molecule has 2 aromatic rings. The van der Waals surface area contributed by atoms with E-state index in [1.165, 1.54) is 0 Å². The van der Waals surface area contributed by atoms with Crippen LogP contribution in [0.5, 0.6) is 0 Å². The van der Waals surface area contributed by atoms with E-state index in [9.17, 15) is 19.2 Å². The molecule has 0 unspecified atom stereocenters. The standard InChI is InChI=1S/C28H40N6O5/c1-19(2)24(32-25(35)20(3)29-4)27(37)31-23(26(36)34-33-22-14-9-6-10-15-22)16-11-17-30-28(38)39-18-21-12-7-5-8-13-21/h5-10,12-15,19-20,23-24,29,33H,11,16-18H2,1-4H3,(H,30,38)(H,31,37)(H,32,35)(H,34,36)/t20-,23-,24-/m0/s1. The zero-order valence-corrected chi connectivity index (χ0v) is 23.0. The van der Waals surface area contributed by atoms with Crippen LogP contribution in [0.3, 0.4) is 0 Å². The Morgan fingerprint density at radius 2 is 1.46 bits per heavy atom. The fourth-order valence-corrected chi connectivity index (χ4v) is 3.49. The van der Waals surface area contributed by atoms with Gasteiger partial charge >= 0.3 is 6.09 Å². The normalized spacial score (nSPS) is 12.9. The van der Waals surface area contributed by atoms with E-state index in [0.717, 1.165) is 5.56 Å². The maximum absolute atomic E-state index is 13.1. The van der Waals surface area contributed by atoms with Gasteiger partial charge in [0.25, 0.3) is 5.91 Å². The first kappa shape index (κ1) is 31.1. The van der Waals surface area contributed by atoms with E-state index in [1.807, 2.05) is 62.4 Å². The number of nitrogens with one attached hydrogen (secondary N) is 6. The predicted molar refractivity (Wildman–Crippen MR) is 149 cm³/mol. The molecule has 0 heterocycles. The molecular weight excluding hydrogens is 500 g/mol. The van der Waals surface area contributed by atoms with E-state index in [1.54, 1.807) is 26.1 Å². The van der Waals surface area contributed by atoms with Crippen LogP contribution in [0, 0.1) is 5.92 Å². The molecule has 11 nitrogen and oxygen atoms in total. The van der Waals surface area contributed by atoms with Gasteiger partial charge < -0.3 is 26.0 Å². The van der Waals surface area contributed by atoms with Gasteiger partial charge in [-0.1, -0.05) is 62.4 Å². The summed E-state index contributed by atoms with van der Waals surface area (Å²) < 4.78 is 5.20. The fourth-order valence-electron chi connectivity index (χ4n) is 3.49. The summed E-state index contributed by atoms with van der Waals surface area (Å²) in [6.07, 6.45) is 0.0501. The van der Waals surface area contributed by atoms with Gasteiger partial charge in [-0.2, -0.15) is 0 Å². The van der Waals surface area contributed by atoms with Crippen molar-refractivity contribution in [3.05, 3.63) is 66.2 Å². The van der Waals surface area contributed by atoms with Crippen LogP contribution in [-0.4, -0.2) is 55.5 Å². The first-order valence-corrected chi connectivity index (χ1v) is 13.0. The largest absolute Gasteiger partial charge is 0.445 e. The van der Waals surface area contributed by atoms with Crippen LogP contribution < -0.4 is 32.1 Å². The molecule has 0 aliphatic rings. The van der Waals surface area contributed by atoms with Crippen molar-refractivity contribution in [3.63, 3.8) is 0 Å². The monoisotopic (exact) mass is 540 g/mol. The van der Waals surface area contributed by atoms with E-state index in [2.05, 4.69) is 32.1 Å². The van der Waals surface area contributed by atoms with E-state index >= 15 is 0 Å². The molecule has 11 heteroatoms. The number of hydrogen-bond donors (Lipinski definition) is 6. The lowest BCUT2D eigenvalue weighted by atomic mass is 10.0. The smallest absolute Gasteiger partial charge is 0.407 e. The van der Waals surface area contributed by atoms with E-state index in [4.69, 9.17) is 4.74 Å². The molecular formula is C28H40N6O5. The van der Waals surface area contributed by atoms with Crippen LogP contribution in [0.15, 0.2) is 60.7 Å². The maximum atomic E-state index is 13.1. The highest BCUT2D eigenvalue weighted by Crippen LogP contribution is 2.07. The first-order valence-electron chi connectivity index (χ1n) is 13.0. The summed E-state index contributed by atoms with van der Waals surface area (Å²) in [5.74, 6) is -1.48. The molecule has 0 spiro atoms. The highest BCUT2D eigenvalue weighted by molar-refractivity contribution is 5.93. The quantitative estimate of drug-likeness (QED) is 0.150. The van der Waals surface area contributed by atoms with Crippen molar-refractivity contribution in [2.75, 3.05) is 19.0 Å². The zero-order valence-electron chi connectivity index (χ0n) is 23.0. The van der Waals surface area contributed by atoms with Gasteiger partial charge in [0.1, 0.15) is 18.7 Å². The lowest BCUT2D eigenvalue weighted by molar-refractivity contribution is -0.133. The Labute approximate surface area is 229 Å². The number of amides is 4. The lowest BCUT2D eigenvalue weighted by Gasteiger charge is -2.26. The fraction of sp³-hybridized carbons (Fsp3) is 0.429. The summed E-state index contributed by atoms with van der Waals surface area (Å²) >= 11 is 0. The third kappa shape index (κ3) is 11.4. The molecule has 4 amide bonds. The Balaban J connectivity index is 1.96. The number of hydrazine groups is 1. The maximum Gasteiger partial charge on any atom is 0.407 e. The van der Waals surface area contributed by atoms with Crippen LogP contribution in [0.25, 0.3) is 0 Å². The number of likely N-dealkylation sites (N-methyl/N-ethyl adjacent to an activating group) is 1.